The third-order valence-electron chi connectivity index (χ3n) is 2.18. The van der Waals surface area contributed by atoms with Crippen LogP contribution >= 0.6 is 11.3 Å². The molecular formula is C13H10O2S2. The van der Waals surface area contributed by atoms with Gasteiger partial charge in [-0.1, -0.05) is 17.7 Å². The Labute approximate surface area is 105 Å². The quantitative estimate of drug-likeness (QED) is 0.741. The molecule has 0 amide bonds. The van der Waals surface area contributed by atoms with Gasteiger partial charge in [0.15, 0.2) is 0 Å². The fourth-order valence-electron chi connectivity index (χ4n) is 1.24. The highest BCUT2D eigenvalue weighted by Gasteiger charge is 2.09. The molecular weight excluding hydrogens is 252 g/mol. The van der Waals surface area contributed by atoms with Gasteiger partial charge in [-0.2, -0.15) is 11.3 Å². The van der Waals surface area contributed by atoms with Gasteiger partial charge in [0.25, 0.3) is 0 Å². The largest absolute Gasteiger partial charge is 0.245 e. The molecule has 2 nitrogen and oxygen atoms in total. The Kier molecular flexibility index (Phi) is 3.32. The highest BCUT2D eigenvalue weighted by Crippen LogP contribution is 2.11. The van der Waals surface area contributed by atoms with E-state index in [0.29, 0.717) is 0 Å². The number of rotatable bonds is 1. The molecule has 0 spiro atoms. The molecule has 0 radical (unpaired) electrons. The maximum absolute atomic E-state index is 11.9. The van der Waals surface area contributed by atoms with Gasteiger partial charge in [0, 0.05) is 16.2 Å². The number of thiophene rings is 1. The van der Waals surface area contributed by atoms with E-state index in [1.54, 1.807) is 30.3 Å². The number of benzene rings is 1. The van der Waals surface area contributed by atoms with Crippen LogP contribution in [-0.2, 0) is 9.84 Å². The predicted octanol–water partition coefficient (Wildman–Crippen LogP) is 2.84. The Morgan fingerprint density at radius 1 is 1.12 bits per heavy atom. The highest BCUT2D eigenvalue weighted by atomic mass is 32.2. The number of hydrogen-bond donors (Lipinski definition) is 0. The lowest BCUT2D eigenvalue weighted by Gasteiger charge is -1.96. The predicted molar refractivity (Wildman–Crippen MR) is 69.6 cm³/mol. The summed E-state index contributed by atoms with van der Waals surface area (Å²) in [6.45, 7) is 1.91. The summed E-state index contributed by atoms with van der Waals surface area (Å²) in [6.07, 6.45) is 0. The SMILES string of the molecule is Cc1ccc(S(=O)(=O)C#Cc2ccsc2)cc1. The van der Waals surface area contributed by atoms with Crippen LogP contribution in [-0.4, -0.2) is 8.42 Å². The summed E-state index contributed by atoms with van der Waals surface area (Å²) >= 11 is 1.49. The molecule has 0 aliphatic carbocycles. The Balaban J connectivity index is 2.34. The van der Waals surface area contributed by atoms with Crippen LogP contribution in [0.4, 0.5) is 0 Å². The standard InChI is InChI=1S/C13H10O2S2/c1-11-2-4-13(5-3-11)17(14,15)9-7-12-6-8-16-10-12/h2-6,8,10H,1H3. The van der Waals surface area contributed by atoms with Crippen LogP contribution in [0.1, 0.15) is 11.1 Å². The number of sulfone groups is 1. The number of hydrogen-bond acceptors (Lipinski definition) is 3. The highest BCUT2D eigenvalue weighted by molar-refractivity contribution is 7.96. The van der Waals surface area contributed by atoms with E-state index in [0.717, 1.165) is 11.1 Å². The van der Waals surface area contributed by atoms with E-state index in [2.05, 4.69) is 11.2 Å². The van der Waals surface area contributed by atoms with Gasteiger partial charge in [-0.05, 0) is 36.4 Å². The fourth-order valence-corrected chi connectivity index (χ4v) is 2.69. The normalized spacial score (nSPS) is 10.6. The zero-order chi connectivity index (χ0) is 12.3. The van der Waals surface area contributed by atoms with E-state index in [9.17, 15) is 8.42 Å². The Morgan fingerprint density at radius 2 is 1.82 bits per heavy atom. The van der Waals surface area contributed by atoms with Crippen molar-refractivity contribution in [3.05, 3.63) is 52.2 Å². The van der Waals surface area contributed by atoms with Gasteiger partial charge in [0.05, 0.1) is 4.90 Å². The van der Waals surface area contributed by atoms with Crippen LogP contribution in [0.25, 0.3) is 0 Å². The van der Waals surface area contributed by atoms with Crippen LogP contribution in [0.2, 0.25) is 0 Å². The van der Waals surface area contributed by atoms with Crippen molar-refractivity contribution in [3.8, 4) is 11.2 Å². The fraction of sp³-hybridized carbons (Fsp3) is 0.0769. The molecule has 0 atom stereocenters. The lowest BCUT2D eigenvalue weighted by atomic mass is 10.2. The van der Waals surface area contributed by atoms with Crippen molar-refractivity contribution in [1.82, 2.24) is 0 Å². The molecule has 0 bridgehead atoms. The van der Waals surface area contributed by atoms with Crippen molar-refractivity contribution in [3.63, 3.8) is 0 Å². The van der Waals surface area contributed by atoms with Crippen molar-refractivity contribution < 1.29 is 8.42 Å². The minimum Gasteiger partial charge on any atom is -0.210 e. The molecule has 0 aliphatic heterocycles. The average Bonchev–Trinajstić information content (AvgIpc) is 2.80. The molecule has 4 heteroatoms. The zero-order valence-corrected chi connectivity index (χ0v) is 10.8. The minimum atomic E-state index is -3.51. The van der Waals surface area contributed by atoms with Crippen LogP contribution < -0.4 is 0 Å². The Hall–Kier alpha value is -1.57. The van der Waals surface area contributed by atoms with E-state index >= 15 is 0 Å². The Morgan fingerprint density at radius 3 is 2.41 bits per heavy atom. The molecule has 0 saturated heterocycles. The summed E-state index contributed by atoms with van der Waals surface area (Å²) in [5, 5.41) is 6.01. The summed E-state index contributed by atoms with van der Waals surface area (Å²) < 4.78 is 23.7. The molecule has 17 heavy (non-hydrogen) atoms. The Bertz CT molecular complexity index is 654. The lowest BCUT2D eigenvalue weighted by Crippen LogP contribution is -1.96. The van der Waals surface area contributed by atoms with E-state index in [4.69, 9.17) is 0 Å². The van der Waals surface area contributed by atoms with Gasteiger partial charge in [-0.25, -0.2) is 8.42 Å². The molecule has 0 N–H and O–H groups in total. The van der Waals surface area contributed by atoms with Gasteiger partial charge in [-0.15, -0.1) is 0 Å². The van der Waals surface area contributed by atoms with E-state index < -0.39 is 9.84 Å². The smallest absolute Gasteiger partial charge is 0.210 e. The first-order chi connectivity index (χ1) is 8.08. The van der Waals surface area contributed by atoms with E-state index in [-0.39, 0.29) is 4.90 Å². The van der Waals surface area contributed by atoms with Crippen molar-refractivity contribution >= 4 is 21.2 Å². The van der Waals surface area contributed by atoms with E-state index in [1.807, 2.05) is 17.7 Å². The molecule has 0 saturated carbocycles. The second kappa shape index (κ2) is 4.74. The number of aryl methyl sites for hydroxylation is 1. The molecule has 86 valence electrons. The summed E-state index contributed by atoms with van der Waals surface area (Å²) in [6, 6.07) is 8.47. The van der Waals surface area contributed by atoms with Crippen molar-refractivity contribution in [1.29, 1.82) is 0 Å². The van der Waals surface area contributed by atoms with Crippen LogP contribution in [0.3, 0.4) is 0 Å². The molecule has 1 aromatic carbocycles. The van der Waals surface area contributed by atoms with Gasteiger partial charge >= 0.3 is 0 Å². The third-order valence-corrected chi connectivity index (χ3v) is 4.13. The van der Waals surface area contributed by atoms with Crippen LogP contribution in [0, 0.1) is 18.1 Å². The zero-order valence-electron chi connectivity index (χ0n) is 9.17. The monoisotopic (exact) mass is 262 g/mol. The molecule has 2 aromatic rings. The molecule has 1 heterocycles. The third kappa shape index (κ3) is 2.96. The topological polar surface area (TPSA) is 34.1 Å². The second-order valence-corrected chi connectivity index (χ2v) is 6.02. The van der Waals surface area contributed by atoms with Crippen molar-refractivity contribution in [2.24, 2.45) is 0 Å². The van der Waals surface area contributed by atoms with Gasteiger partial charge in [0.2, 0.25) is 9.84 Å². The maximum atomic E-state index is 11.9. The van der Waals surface area contributed by atoms with Gasteiger partial charge in [-0.3, -0.25) is 0 Å². The van der Waals surface area contributed by atoms with Crippen LogP contribution in [0.5, 0.6) is 0 Å². The molecule has 0 unspecified atom stereocenters. The first kappa shape index (κ1) is 11.9. The van der Waals surface area contributed by atoms with Crippen LogP contribution in [0.15, 0.2) is 46.0 Å². The second-order valence-electron chi connectivity index (χ2n) is 3.56. The molecule has 0 aliphatic rings. The first-order valence-corrected chi connectivity index (χ1v) is 7.37. The molecule has 2 rings (SSSR count). The maximum Gasteiger partial charge on any atom is 0.245 e. The first-order valence-electron chi connectivity index (χ1n) is 4.95. The summed E-state index contributed by atoms with van der Waals surface area (Å²) in [4.78, 5) is 0.242. The summed E-state index contributed by atoms with van der Waals surface area (Å²) in [5.74, 6) is 2.65. The van der Waals surface area contributed by atoms with Crippen molar-refractivity contribution in [2.75, 3.05) is 0 Å². The van der Waals surface area contributed by atoms with Crippen molar-refractivity contribution in [2.45, 2.75) is 11.8 Å². The van der Waals surface area contributed by atoms with Gasteiger partial charge in [0.1, 0.15) is 0 Å². The lowest BCUT2D eigenvalue weighted by molar-refractivity contribution is 0.606. The van der Waals surface area contributed by atoms with Gasteiger partial charge < -0.3 is 0 Å². The average molecular weight is 262 g/mol. The molecule has 0 fully saturated rings. The summed E-state index contributed by atoms with van der Waals surface area (Å²) in [7, 11) is -3.51. The molecule has 1 aromatic heterocycles. The minimum absolute atomic E-state index is 0.242. The van der Waals surface area contributed by atoms with E-state index in [1.165, 1.54) is 11.3 Å². The summed E-state index contributed by atoms with van der Waals surface area (Å²) in [5.41, 5.74) is 1.75.